The van der Waals surface area contributed by atoms with Crippen LogP contribution >= 0.6 is 0 Å². The van der Waals surface area contributed by atoms with Crippen LogP contribution in [0.25, 0.3) is 10.9 Å². The molecule has 2 bridgehead atoms. The summed E-state index contributed by atoms with van der Waals surface area (Å²) in [6.45, 7) is 6.56. The molecule has 0 amide bonds. The summed E-state index contributed by atoms with van der Waals surface area (Å²) in [7, 11) is 2.15. The molecule has 1 aromatic heterocycles. The fraction of sp³-hybridized carbons (Fsp3) is 0.529. The fourth-order valence-electron chi connectivity index (χ4n) is 4.02. The Morgan fingerprint density at radius 1 is 1.25 bits per heavy atom. The van der Waals surface area contributed by atoms with Crippen molar-refractivity contribution in [2.45, 2.75) is 38.9 Å². The molecule has 0 radical (unpaired) electrons. The molecule has 20 heavy (non-hydrogen) atoms. The van der Waals surface area contributed by atoms with E-state index in [0.717, 1.165) is 13.1 Å². The molecular formula is C17H22N2O. The molecule has 3 nitrogen and oxygen atoms in total. The number of hydrogen-bond donors (Lipinski definition) is 0. The van der Waals surface area contributed by atoms with Gasteiger partial charge in [-0.15, -0.1) is 0 Å². The van der Waals surface area contributed by atoms with Crippen LogP contribution in [0.4, 0.5) is 5.69 Å². The van der Waals surface area contributed by atoms with Crippen LogP contribution in [0.2, 0.25) is 0 Å². The number of fused-ring (bicyclic) bond motifs is 7. The largest absolute Gasteiger partial charge is 0.372 e. The van der Waals surface area contributed by atoms with Gasteiger partial charge in [-0.1, -0.05) is 0 Å². The highest BCUT2D eigenvalue weighted by Crippen LogP contribution is 2.54. The van der Waals surface area contributed by atoms with Crippen LogP contribution in [0.5, 0.6) is 0 Å². The van der Waals surface area contributed by atoms with Gasteiger partial charge in [0.1, 0.15) is 0 Å². The average Bonchev–Trinajstić information content (AvgIpc) is 3.15. The standard InChI is InChI=1S/C17H22N2O/c1-4-19(5-2)13-10-12-14-6-7-15(20-14)16(12)17-11(13)8-9-18(17)3/h8-10,14-15H,4-7H2,1-3H3. The van der Waals surface area contributed by atoms with E-state index in [4.69, 9.17) is 4.74 Å². The molecule has 1 fully saturated rings. The lowest BCUT2D eigenvalue weighted by Crippen LogP contribution is -2.22. The summed E-state index contributed by atoms with van der Waals surface area (Å²) in [4.78, 5) is 2.45. The van der Waals surface area contributed by atoms with Gasteiger partial charge in [0.05, 0.1) is 17.7 Å². The van der Waals surface area contributed by atoms with Crippen molar-refractivity contribution in [1.29, 1.82) is 0 Å². The lowest BCUT2D eigenvalue weighted by molar-refractivity contribution is 0.0720. The average molecular weight is 270 g/mol. The Hall–Kier alpha value is -1.48. The summed E-state index contributed by atoms with van der Waals surface area (Å²) in [6.07, 6.45) is 5.22. The van der Waals surface area contributed by atoms with Gasteiger partial charge < -0.3 is 14.2 Å². The monoisotopic (exact) mass is 270 g/mol. The highest BCUT2D eigenvalue weighted by molar-refractivity contribution is 5.97. The van der Waals surface area contributed by atoms with Crippen LogP contribution in [0, 0.1) is 0 Å². The Morgan fingerprint density at radius 2 is 2.00 bits per heavy atom. The maximum Gasteiger partial charge on any atom is 0.0858 e. The second-order valence-corrected chi connectivity index (χ2v) is 5.95. The van der Waals surface area contributed by atoms with Crippen molar-refractivity contribution < 1.29 is 4.74 Å². The lowest BCUT2D eigenvalue weighted by atomic mass is 9.89. The Balaban J connectivity index is 2.03. The molecule has 0 aliphatic carbocycles. The van der Waals surface area contributed by atoms with E-state index in [1.54, 1.807) is 0 Å². The Kier molecular flexibility index (Phi) is 2.61. The number of benzene rings is 1. The van der Waals surface area contributed by atoms with Gasteiger partial charge in [-0.05, 0) is 44.4 Å². The van der Waals surface area contributed by atoms with E-state index in [-0.39, 0.29) is 0 Å². The van der Waals surface area contributed by atoms with E-state index in [1.165, 1.54) is 40.6 Å². The Labute approximate surface area is 120 Å². The molecule has 2 atom stereocenters. The third kappa shape index (κ3) is 1.44. The van der Waals surface area contributed by atoms with E-state index in [2.05, 4.69) is 48.7 Å². The normalized spacial score (nSPS) is 23.6. The predicted octanol–water partition coefficient (Wildman–Crippen LogP) is 3.93. The molecule has 4 rings (SSSR count). The van der Waals surface area contributed by atoms with Crippen molar-refractivity contribution in [2.24, 2.45) is 7.05 Å². The minimum Gasteiger partial charge on any atom is -0.372 e. The number of hydrogen-bond acceptors (Lipinski definition) is 2. The fourth-order valence-corrected chi connectivity index (χ4v) is 4.02. The molecule has 2 aliphatic heterocycles. The highest BCUT2D eigenvalue weighted by Gasteiger charge is 2.40. The minimum atomic E-state index is 0.330. The minimum absolute atomic E-state index is 0.330. The first-order valence-corrected chi connectivity index (χ1v) is 7.76. The first kappa shape index (κ1) is 12.3. The molecule has 2 aliphatic rings. The van der Waals surface area contributed by atoms with Crippen LogP contribution in [-0.4, -0.2) is 17.7 Å². The molecule has 2 aromatic rings. The zero-order chi connectivity index (χ0) is 13.9. The summed E-state index contributed by atoms with van der Waals surface area (Å²) in [5, 5.41) is 1.38. The van der Waals surface area contributed by atoms with Gasteiger partial charge >= 0.3 is 0 Å². The zero-order valence-electron chi connectivity index (χ0n) is 12.5. The van der Waals surface area contributed by atoms with Crippen molar-refractivity contribution in [3.05, 3.63) is 29.5 Å². The molecule has 0 saturated carbocycles. The van der Waals surface area contributed by atoms with Crippen molar-refractivity contribution in [2.75, 3.05) is 18.0 Å². The van der Waals surface area contributed by atoms with Crippen LogP contribution in [0.15, 0.2) is 18.3 Å². The number of nitrogens with zero attached hydrogens (tertiary/aromatic N) is 2. The van der Waals surface area contributed by atoms with Crippen LogP contribution in [0.3, 0.4) is 0 Å². The van der Waals surface area contributed by atoms with Crippen LogP contribution in [-0.2, 0) is 11.8 Å². The number of ether oxygens (including phenoxy) is 1. The summed E-state index contributed by atoms with van der Waals surface area (Å²) >= 11 is 0. The lowest BCUT2D eigenvalue weighted by Gasteiger charge is -2.25. The molecule has 1 aromatic carbocycles. The number of aromatic nitrogens is 1. The second-order valence-electron chi connectivity index (χ2n) is 5.95. The predicted molar refractivity (Wildman–Crippen MR) is 82.3 cm³/mol. The van der Waals surface area contributed by atoms with Gasteiger partial charge in [-0.3, -0.25) is 0 Å². The van der Waals surface area contributed by atoms with Gasteiger partial charge in [0.25, 0.3) is 0 Å². The van der Waals surface area contributed by atoms with E-state index >= 15 is 0 Å². The summed E-state index contributed by atoms with van der Waals surface area (Å²) < 4.78 is 8.41. The molecule has 0 N–H and O–H groups in total. The van der Waals surface area contributed by atoms with Crippen LogP contribution < -0.4 is 4.90 Å². The van der Waals surface area contributed by atoms with Gasteiger partial charge in [0.2, 0.25) is 0 Å². The molecule has 0 spiro atoms. The highest BCUT2D eigenvalue weighted by atomic mass is 16.5. The quantitative estimate of drug-likeness (QED) is 0.840. The van der Waals surface area contributed by atoms with E-state index in [9.17, 15) is 0 Å². The molecule has 3 heterocycles. The topological polar surface area (TPSA) is 17.4 Å². The third-order valence-electron chi connectivity index (χ3n) is 5.00. The Bertz CT molecular complexity index is 669. The molecular weight excluding hydrogens is 248 g/mol. The number of aryl methyl sites for hydroxylation is 1. The summed E-state index contributed by atoms with van der Waals surface area (Å²) in [5.41, 5.74) is 5.66. The number of rotatable bonds is 3. The first-order valence-electron chi connectivity index (χ1n) is 7.76. The van der Waals surface area contributed by atoms with Crippen molar-refractivity contribution in [3.63, 3.8) is 0 Å². The second kappa shape index (κ2) is 4.26. The van der Waals surface area contributed by atoms with E-state index < -0.39 is 0 Å². The summed E-state index contributed by atoms with van der Waals surface area (Å²) in [6, 6.07) is 4.66. The van der Waals surface area contributed by atoms with Crippen molar-refractivity contribution >= 4 is 16.6 Å². The molecule has 2 unspecified atom stereocenters. The van der Waals surface area contributed by atoms with Gasteiger partial charge in [0.15, 0.2) is 0 Å². The first-order chi connectivity index (χ1) is 9.74. The number of anilines is 1. The maximum atomic E-state index is 6.15. The molecule has 1 saturated heterocycles. The molecule has 106 valence electrons. The van der Waals surface area contributed by atoms with E-state index in [1.807, 2.05) is 0 Å². The van der Waals surface area contributed by atoms with Gasteiger partial charge in [0, 0.05) is 43.0 Å². The molecule has 3 heteroatoms. The van der Waals surface area contributed by atoms with Gasteiger partial charge in [-0.25, -0.2) is 0 Å². The van der Waals surface area contributed by atoms with E-state index in [0.29, 0.717) is 12.2 Å². The maximum absolute atomic E-state index is 6.15. The van der Waals surface area contributed by atoms with Gasteiger partial charge in [-0.2, -0.15) is 0 Å². The summed E-state index contributed by atoms with van der Waals surface area (Å²) in [5.74, 6) is 0. The Morgan fingerprint density at radius 3 is 2.75 bits per heavy atom. The smallest absolute Gasteiger partial charge is 0.0858 e. The van der Waals surface area contributed by atoms with Crippen LogP contribution in [0.1, 0.15) is 50.0 Å². The SMILES string of the molecule is CCN(CC)c1cc2c(c3c1ccn3C)C1CCC2O1. The zero-order valence-corrected chi connectivity index (χ0v) is 12.5. The third-order valence-corrected chi connectivity index (χ3v) is 5.00. The van der Waals surface area contributed by atoms with Crippen molar-refractivity contribution in [1.82, 2.24) is 4.57 Å². The van der Waals surface area contributed by atoms with Crippen molar-refractivity contribution in [3.8, 4) is 0 Å².